The summed E-state index contributed by atoms with van der Waals surface area (Å²) in [4.78, 5) is 14.6. The zero-order valence-corrected chi connectivity index (χ0v) is 12.0. The highest BCUT2D eigenvalue weighted by molar-refractivity contribution is 5.89. The van der Waals surface area contributed by atoms with E-state index in [2.05, 4.69) is 4.90 Å². The zero-order valence-electron chi connectivity index (χ0n) is 12.0. The number of nitrogens with zero attached hydrogens (tertiary/aromatic N) is 1. The molecule has 0 N–H and O–H groups in total. The van der Waals surface area contributed by atoms with Crippen molar-refractivity contribution in [2.75, 3.05) is 19.7 Å². The summed E-state index contributed by atoms with van der Waals surface area (Å²) >= 11 is 0. The van der Waals surface area contributed by atoms with Crippen LogP contribution in [-0.4, -0.2) is 36.6 Å². The first-order chi connectivity index (χ1) is 9.84. The van der Waals surface area contributed by atoms with Gasteiger partial charge in [-0.05, 0) is 50.9 Å². The molecular weight excluding hydrogens is 250 g/mol. The number of hydrogen-bond donors (Lipinski definition) is 0. The largest absolute Gasteiger partial charge is 0.462 e. The molecule has 3 nitrogen and oxygen atoms in total. The molecule has 0 amide bonds. The van der Waals surface area contributed by atoms with Gasteiger partial charge in [-0.1, -0.05) is 24.6 Å². The average Bonchev–Trinajstić information content (AvgIpc) is 2.53. The molecule has 0 saturated carbocycles. The van der Waals surface area contributed by atoms with Crippen LogP contribution in [0.3, 0.4) is 0 Å². The summed E-state index contributed by atoms with van der Waals surface area (Å²) in [5.41, 5.74) is 0.656. The molecule has 3 heteroatoms. The minimum atomic E-state index is -0.182. The van der Waals surface area contributed by atoms with Crippen molar-refractivity contribution in [3.8, 4) is 0 Å². The van der Waals surface area contributed by atoms with Crippen LogP contribution < -0.4 is 0 Å². The minimum absolute atomic E-state index is 0.182. The number of hydrogen-bond acceptors (Lipinski definition) is 3. The van der Waals surface area contributed by atoms with Gasteiger partial charge in [0.05, 0.1) is 12.2 Å². The number of carbonyl (C=O) groups excluding carboxylic acids is 1. The van der Waals surface area contributed by atoms with E-state index in [0.29, 0.717) is 24.1 Å². The topological polar surface area (TPSA) is 29.5 Å². The van der Waals surface area contributed by atoms with Crippen LogP contribution in [0.15, 0.2) is 30.3 Å². The van der Waals surface area contributed by atoms with E-state index >= 15 is 0 Å². The molecule has 2 heterocycles. The van der Waals surface area contributed by atoms with Gasteiger partial charge in [-0.25, -0.2) is 4.79 Å². The summed E-state index contributed by atoms with van der Waals surface area (Å²) in [5.74, 6) is 0.343. The van der Waals surface area contributed by atoms with Crippen molar-refractivity contribution < 1.29 is 9.53 Å². The van der Waals surface area contributed by atoms with E-state index in [1.807, 2.05) is 30.3 Å². The highest BCUT2D eigenvalue weighted by Gasteiger charge is 2.33. The van der Waals surface area contributed by atoms with E-state index in [1.165, 1.54) is 45.2 Å². The van der Waals surface area contributed by atoms with Gasteiger partial charge in [-0.3, -0.25) is 4.90 Å². The lowest BCUT2D eigenvalue weighted by Crippen LogP contribution is -2.49. The molecule has 0 aliphatic carbocycles. The molecule has 0 spiro atoms. The molecule has 0 unspecified atom stereocenters. The SMILES string of the molecule is O=C(OC[C@@H]1CCCN2CCCC[C@H]12)c1ccccc1. The van der Waals surface area contributed by atoms with Crippen molar-refractivity contribution in [1.82, 2.24) is 4.90 Å². The summed E-state index contributed by atoms with van der Waals surface area (Å²) in [6.07, 6.45) is 6.36. The van der Waals surface area contributed by atoms with Crippen molar-refractivity contribution in [3.63, 3.8) is 0 Å². The maximum Gasteiger partial charge on any atom is 0.338 e. The van der Waals surface area contributed by atoms with Gasteiger partial charge in [0.2, 0.25) is 0 Å². The molecule has 3 rings (SSSR count). The quantitative estimate of drug-likeness (QED) is 0.793. The Morgan fingerprint density at radius 1 is 1.10 bits per heavy atom. The number of ether oxygens (including phenoxy) is 1. The fourth-order valence-electron chi connectivity index (χ4n) is 3.61. The molecule has 0 bridgehead atoms. The standard InChI is InChI=1S/C17H23NO2/c19-17(14-7-2-1-3-8-14)20-13-15-9-6-12-18-11-5-4-10-16(15)18/h1-3,7-8,15-16H,4-6,9-13H2/t15-,16+/m0/s1. The minimum Gasteiger partial charge on any atom is -0.462 e. The molecule has 2 atom stereocenters. The molecular formula is C17H23NO2. The smallest absolute Gasteiger partial charge is 0.338 e. The number of fused-ring (bicyclic) bond motifs is 1. The van der Waals surface area contributed by atoms with E-state index in [9.17, 15) is 4.79 Å². The van der Waals surface area contributed by atoms with Crippen LogP contribution in [0, 0.1) is 5.92 Å². The number of piperidine rings is 2. The molecule has 0 aromatic heterocycles. The van der Waals surface area contributed by atoms with Gasteiger partial charge in [-0.15, -0.1) is 0 Å². The van der Waals surface area contributed by atoms with Crippen molar-refractivity contribution in [2.24, 2.45) is 5.92 Å². The lowest BCUT2D eigenvalue weighted by molar-refractivity contribution is 0.00739. The third-order valence-corrected chi connectivity index (χ3v) is 4.67. The van der Waals surface area contributed by atoms with Gasteiger partial charge in [-0.2, -0.15) is 0 Å². The Balaban J connectivity index is 1.56. The second-order valence-electron chi connectivity index (χ2n) is 5.97. The second-order valence-corrected chi connectivity index (χ2v) is 5.97. The van der Waals surface area contributed by atoms with Crippen molar-refractivity contribution in [3.05, 3.63) is 35.9 Å². The molecule has 2 fully saturated rings. The molecule has 2 saturated heterocycles. The fourth-order valence-corrected chi connectivity index (χ4v) is 3.61. The van der Waals surface area contributed by atoms with Crippen LogP contribution in [0.2, 0.25) is 0 Å². The van der Waals surface area contributed by atoms with Crippen LogP contribution in [0.1, 0.15) is 42.5 Å². The fraction of sp³-hybridized carbons (Fsp3) is 0.588. The highest BCUT2D eigenvalue weighted by Crippen LogP contribution is 2.31. The predicted molar refractivity (Wildman–Crippen MR) is 78.7 cm³/mol. The van der Waals surface area contributed by atoms with Crippen LogP contribution in [0.25, 0.3) is 0 Å². The van der Waals surface area contributed by atoms with Gasteiger partial charge < -0.3 is 4.74 Å². The molecule has 108 valence electrons. The summed E-state index contributed by atoms with van der Waals surface area (Å²) in [7, 11) is 0. The maximum atomic E-state index is 12.0. The Hall–Kier alpha value is -1.35. The zero-order chi connectivity index (χ0) is 13.8. The third kappa shape index (κ3) is 3.04. The van der Waals surface area contributed by atoms with Gasteiger partial charge in [0.25, 0.3) is 0 Å². The molecule has 2 aliphatic rings. The third-order valence-electron chi connectivity index (χ3n) is 4.67. The van der Waals surface area contributed by atoms with E-state index in [0.717, 1.165) is 0 Å². The van der Waals surface area contributed by atoms with Gasteiger partial charge in [0.1, 0.15) is 0 Å². The summed E-state index contributed by atoms with van der Waals surface area (Å²) in [6.45, 7) is 3.04. The van der Waals surface area contributed by atoms with Crippen molar-refractivity contribution >= 4 is 5.97 Å². The Kier molecular flexibility index (Phi) is 4.36. The molecule has 1 aromatic rings. The summed E-state index contributed by atoms with van der Waals surface area (Å²) in [5, 5.41) is 0. The Bertz CT molecular complexity index is 444. The van der Waals surface area contributed by atoms with Gasteiger partial charge >= 0.3 is 5.97 Å². The van der Waals surface area contributed by atoms with Crippen LogP contribution in [-0.2, 0) is 4.74 Å². The first-order valence-electron chi connectivity index (χ1n) is 7.81. The second kappa shape index (κ2) is 6.40. The number of esters is 1. The van der Waals surface area contributed by atoms with E-state index < -0.39 is 0 Å². The van der Waals surface area contributed by atoms with Crippen molar-refractivity contribution in [1.29, 1.82) is 0 Å². The van der Waals surface area contributed by atoms with Crippen LogP contribution >= 0.6 is 0 Å². The lowest BCUT2D eigenvalue weighted by Gasteiger charge is -2.44. The normalized spacial score (nSPS) is 26.8. The number of benzene rings is 1. The Morgan fingerprint density at radius 3 is 2.75 bits per heavy atom. The van der Waals surface area contributed by atoms with Crippen LogP contribution in [0.5, 0.6) is 0 Å². The van der Waals surface area contributed by atoms with Gasteiger partial charge in [0.15, 0.2) is 0 Å². The molecule has 2 aliphatic heterocycles. The van der Waals surface area contributed by atoms with E-state index in [1.54, 1.807) is 0 Å². The molecule has 1 aromatic carbocycles. The summed E-state index contributed by atoms with van der Waals surface area (Å²) in [6, 6.07) is 9.94. The van der Waals surface area contributed by atoms with E-state index in [4.69, 9.17) is 4.74 Å². The first kappa shape index (κ1) is 13.6. The maximum absolute atomic E-state index is 12.0. The lowest BCUT2D eigenvalue weighted by atomic mass is 9.84. The Labute approximate surface area is 120 Å². The number of carbonyl (C=O) groups is 1. The summed E-state index contributed by atoms with van der Waals surface area (Å²) < 4.78 is 5.55. The number of rotatable bonds is 3. The highest BCUT2D eigenvalue weighted by atomic mass is 16.5. The van der Waals surface area contributed by atoms with Gasteiger partial charge in [0, 0.05) is 12.0 Å². The predicted octanol–water partition coefficient (Wildman–Crippen LogP) is 3.11. The van der Waals surface area contributed by atoms with Crippen LogP contribution in [0.4, 0.5) is 0 Å². The monoisotopic (exact) mass is 273 g/mol. The van der Waals surface area contributed by atoms with E-state index in [-0.39, 0.29) is 5.97 Å². The Morgan fingerprint density at radius 2 is 1.90 bits per heavy atom. The molecule has 0 radical (unpaired) electrons. The first-order valence-corrected chi connectivity index (χ1v) is 7.81. The molecule has 20 heavy (non-hydrogen) atoms. The average molecular weight is 273 g/mol. The van der Waals surface area contributed by atoms with Crippen molar-refractivity contribution in [2.45, 2.75) is 38.1 Å².